The number of hydrogen-bond donors (Lipinski definition) is 0. The van der Waals surface area contributed by atoms with Gasteiger partial charge in [0.1, 0.15) is 3.82 Å². The van der Waals surface area contributed by atoms with Gasteiger partial charge in [0.2, 0.25) is 0 Å². The molecule has 0 fully saturated rings. The van der Waals surface area contributed by atoms with E-state index in [1.165, 1.54) is 32.0 Å². The molecule has 96 valence electrons. The fraction of sp³-hybridized carbons (Fsp3) is 0.182. The highest BCUT2D eigenvalue weighted by Crippen LogP contribution is 2.29. The molecule has 0 spiro atoms. The minimum Gasteiger partial charge on any atom is -0.266 e. The van der Waals surface area contributed by atoms with Crippen molar-refractivity contribution >= 4 is 48.6 Å². The summed E-state index contributed by atoms with van der Waals surface area (Å²) >= 11 is 5.12. The molecule has 1 heterocycles. The molecule has 0 saturated heterocycles. The zero-order valence-corrected chi connectivity index (χ0v) is 13.0. The Bertz CT molecular complexity index is 697. The van der Waals surface area contributed by atoms with Crippen molar-refractivity contribution in [2.75, 3.05) is 11.4 Å². The molecule has 0 unspecified atom stereocenters. The van der Waals surface area contributed by atoms with Crippen LogP contribution >= 0.6 is 32.9 Å². The van der Waals surface area contributed by atoms with E-state index in [0.717, 1.165) is 5.56 Å². The second-order valence-electron chi connectivity index (χ2n) is 3.76. The van der Waals surface area contributed by atoms with Gasteiger partial charge >= 0.3 is 0 Å². The Kier molecular flexibility index (Phi) is 3.86. The molecule has 0 radical (unpaired) electrons. The Morgan fingerprint density at radius 2 is 1.83 bits per heavy atom. The van der Waals surface area contributed by atoms with Gasteiger partial charge in [-0.15, -0.1) is 0 Å². The lowest BCUT2D eigenvalue weighted by molar-refractivity contribution is 0.594. The first kappa shape index (κ1) is 13.7. The minimum absolute atomic E-state index is 0.279. The van der Waals surface area contributed by atoms with Crippen molar-refractivity contribution in [3.05, 3.63) is 39.0 Å². The lowest BCUT2D eigenvalue weighted by atomic mass is 10.2. The second-order valence-corrected chi connectivity index (χ2v) is 8.47. The van der Waals surface area contributed by atoms with Crippen molar-refractivity contribution in [2.24, 2.45) is 0 Å². The van der Waals surface area contributed by atoms with Crippen LogP contribution in [0, 0.1) is 10.7 Å². The molecule has 7 heteroatoms. The topological polar surface area (TPSA) is 37.4 Å². The summed E-state index contributed by atoms with van der Waals surface area (Å²) in [6.07, 6.45) is 0. The molecule has 0 aliphatic heterocycles. The highest BCUT2D eigenvalue weighted by atomic mass is 32.9. The average Bonchev–Trinajstić information content (AvgIpc) is 2.75. The van der Waals surface area contributed by atoms with Crippen LogP contribution in [0.3, 0.4) is 0 Å². The Labute approximate surface area is 119 Å². The van der Waals surface area contributed by atoms with Gasteiger partial charge in [-0.05, 0) is 19.1 Å². The standard InChI is InChI=1S/C11H11NO2S4/c1-8-3-5-9(6-4-8)18(13,14)12(2)10-7-16-17-11(10)15/h3-7H,1-2H3. The van der Waals surface area contributed by atoms with Crippen molar-refractivity contribution in [3.63, 3.8) is 0 Å². The summed E-state index contributed by atoms with van der Waals surface area (Å²) in [5.74, 6) is 0. The number of nitrogens with zero attached hydrogens (tertiary/aromatic N) is 1. The van der Waals surface area contributed by atoms with Gasteiger partial charge in [-0.3, -0.25) is 4.31 Å². The van der Waals surface area contributed by atoms with Gasteiger partial charge in [0, 0.05) is 12.4 Å². The van der Waals surface area contributed by atoms with Crippen molar-refractivity contribution < 1.29 is 8.42 Å². The first-order chi connectivity index (χ1) is 8.43. The summed E-state index contributed by atoms with van der Waals surface area (Å²) in [4.78, 5) is 0.279. The van der Waals surface area contributed by atoms with Crippen LogP contribution < -0.4 is 4.31 Å². The van der Waals surface area contributed by atoms with E-state index in [9.17, 15) is 8.42 Å². The molecular weight excluding hydrogens is 306 g/mol. The maximum Gasteiger partial charge on any atom is 0.264 e. The monoisotopic (exact) mass is 317 g/mol. The Hall–Kier alpha value is -0.760. The maximum absolute atomic E-state index is 12.4. The van der Waals surface area contributed by atoms with Gasteiger partial charge in [0.05, 0.1) is 10.6 Å². The minimum atomic E-state index is -3.52. The third-order valence-electron chi connectivity index (χ3n) is 2.51. The molecule has 1 aromatic heterocycles. The smallest absolute Gasteiger partial charge is 0.264 e. The van der Waals surface area contributed by atoms with Crippen LogP contribution in [0.15, 0.2) is 34.5 Å². The van der Waals surface area contributed by atoms with E-state index >= 15 is 0 Å². The van der Waals surface area contributed by atoms with Gasteiger partial charge in [-0.2, -0.15) is 0 Å². The van der Waals surface area contributed by atoms with Gasteiger partial charge in [0.25, 0.3) is 10.0 Å². The van der Waals surface area contributed by atoms with E-state index in [2.05, 4.69) is 0 Å². The Morgan fingerprint density at radius 3 is 2.33 bits per heavy atom. The SMILES string of the molecule is Cc1ccc(S(=O)(=O)N(C)c2cssc2=S)cc1. The third kappa shape index (κ3) is 2.49. The van der Waals surface area contributed by atoms with E-state index in [1.807, 2.05) is 6.92 Å². The predicted octanol–water partition coefficient (Wildman–Crippen LogP) is 3.67. The number of aryl methyl sites for hydroxylation is 1. The van der Waals surface area contributed by atoms with Gasteiger partial charge < -0.3 is 0 Å². The van der Waals surface area contributed by atoms with Crippen LogP contribution in [-0.2, 0) is 10.0 Å². The van der Waals surface area contributed by atoms with Gasteiger partial charge in [-0.1, -0.05) is 50.6 Å². The maximum atomic E-state index is 12.4. The van der Waals surface area contributed by atoms with Gasteiger partial charge in [-0.25, -0.2) is 8.42 Å². The van der Waals surface area contributed by atoms with E-state index in [0.29, 0.717) is 9.51 Å². The van der Waals surface area contributed by atoms with Crippen molar-refractivity contribution in [1.82, 2.24) is 0 Å². The molecule has 1 aromatic carbocycles. The van der Waals surface area contributed by atoms with Crippen LogP contribution in [0.5, 0.6) is 0 Å². The van der Waals surface area contributed by atoms with E-state index in [4.69, 9.17) is 12.2 Å². The molecule has 0 N–H and O–H groups in total. The Morgan fingerprint density at radius 1 is 1.22 bits per heavy atom. The Balaban J connectivity index is 2.46. The van der Waals surface area contributed by atoms with Crippen LogP contribution in [0.25, 0.3) is 0 Å². The lowest BCUT2D eigenvalue weighted by Gasteiger charge is -2.17. The van der Waals surface area contributed by atoms with E-state index < -0.39 is 10.0 Å². The summed E-state index contributed by atoms with van der Waals surface area (Å²) in [7, 11) is 0.843. The van der Waals surface area contributed by atoms with Gasteiger partial charge in [0.15, 0.2) is 0 Å². The molecule has 0 aliphatic carbocycles. The highest BCUT2D eigenvalue weighted by Gasteiger charge is 2.22. The number of anilines is 1. The van der Waals surface area contributed by atoms with Crippen molar-refractivity contribution in [3.8, 4) is 0 Å². The molecule has 2 rings (SSSR count). The first-order valence-electron chi connectivity index (χ1n) is 5.06. The van der Waals surface area contributed by atoms with Crippen LogP contribution in [-0.4, -0.2) is 15.5 Å². The first-order valence-corrected chi connectivity index (χ1v) is 9.12. The summed E-state index contributed by atoms with van der Waals surface area (Å²) in [6.45, 7) is 1.92. The number of sulfonamides is 1. The van der Waals surface area contributed by atoms with E-state index in [-0.39, 0.29) is 4.90 Å². The molecule has 0 atom stereocenters. The average molecular weight is 317 g/mol. The van der Waals surface area contributed by atoms with Crippen LogP contribution in [0.2, 0.25) is 0 Å². The predicted molar refractivity (Wildman–Crippen MR) is 79.8 cm³/mol. The number of rotatable bonds is 3. The molecular formula is C11H11NO2S4. The normalized spacial score (nSPS) is 11.4. The number of hydrogen-bond acceptors (Lipinski definition) is 5. The summed E-state index contributed by atoms with van der Waals surface area (Å²) in [5.41, 5.74) is 1.60. The highest BCUT2D eigenvalue weighted by molar-refractivity contribution is 7.93. The molecule has 3 nitrogen and oxygen atoms in total. The third-order valence-corrected chi connectivity index (χ3v) is 6.93. The summed E-state index contributed by atoms with van der Waals surface area (Å²) in [5, 5.41) is 1.76. The molecule has 18 heavy (non-hydrogen) atoms. The largest absolute Gasteiger partial charge is 0.266 e. The summed E-state index contributed by atoms with van der Waals surface area (Å²) in [6, 6.07) is 6.79. The van der Waals surface area contributed by atoms with Crippen LogP contribution in [0.1, 0.15) is 5.56 Å². The number of benzene rings is 1. The van der Waals surface area contributed by atoms with Crippen LogP contribution in [0.4, 0.5) is 5.69 Å². The quantitative estimate of drug-likeness (QED) is 0.640. The molecule has 0 aliphatic rings. The molecule has 2 aromatic rings. The lowest BCUT2D eigenvalue weighted by Crippen LogP contribution is -2.26. The summed E-state index contributed by atoms with van der Waals surface area (Å²) < 4.78 is 26.6. The fourth-order valence-electron chi connectivity index (χ4n) is 1.40. The zero-order valence-electron chi connectivity index (χ0n) is 9.78. The second kappa shape index (κ2) is 5.08. The van der Waals surface area contributed by atoms with Crippen molar-refractivity contribution in [1.29, 1.82) is 0 Å². The molecule has 0 saturated carbocycles. The zero-order chi connectivity index (χ0) is 13.3. The van der Waals surface area contributed by atoms with Crippen molar-refractivity contribution in [2.45, 2.75) is 11.8 Å². The fourth-order valence-corrected chi connectivity index (χ4v) is 5.20. The molecule has 0 bridgehead atoms. The molecule has 0 amide bonds. The van der Waals surface area contributed by atoms with E-state index in [1.54, 1.807) is 29.6 Å².